The molecule has 1 atom stereocenters. The summed E-state index contributed by atoms with van der Waals surface area (Å²) in [5.41, 5.74) is 0.916. The Morgan fingerprint density at radius 2 is 2.13 bits per heavy atom. The Bertz CT molecular complexity index is 632. The Morgan fingerprint density at radius 3 is 2.74 bits per heavy atom. The van der Waals surface area contributed by atoms with Gasteiger partial charge in [0.1, 0.15) is 5.75 Å². The molecule has 1 heterocycles. The van der Waals surface area contributed by atoms with E-state index in [-0.39, 0.29) is 30.0 Å². The number of hydrogen-bond donors (Lipinski definition) is 1. The van der Waals surface area contributed by atoms with Gasteiger partial charge in [0.05, 0.1) is 6.04 Å². The van der Waals surface area contributed by atoms with E-state index in [1.54, 1.807) is 37.1 Å². The van der Waals surface area contributed by atoms with E-state index in [2.05, 4.69) is 10.1 Å². The van der Waals surface area contributed by atoms with Crippen molar-refractivity contribution in [3.63, 3.8) is 0 Å². The molecule has 0 bridgehead atoms. The predicted octanol–water partition coefficient (Wildman–Crippen LogP) is 2.04. The number of allylic oxidation sites excluding steroid dienone is 1. The van der Waals surface area contributed by atoms with Gasteiger partial charge in [0.15, 0.2) is 0 Å². The lowest BCUT2D eigenvalue weighted by molar-refractivity contribution is -0.126. The van der Waals surface area contributed by atoms with Crippen LogP contribution >= 0.6 is 0 Å². The third-order valence-electron chi connectivity index (χ3n) is 3.56. The number of nitrogens with zero attached hydrogens (tertiary/aromatic N) is 1. The first-order valence-corrected chi connectivity index (χ1v) is 7.13. The van der Waals surface area contributed by atoms with Crippen molar-refractivity contribution < 1.29 is 23.1 Å². The topological polar surface area (TPSA) is 58.6 Å². The molecule has 0 spiro atoms. The number of benzene rings is 1. The van der Waals surface area contributed by atoms with E-state index < -0.39 is 6.61 Å². The normalized spacial score (nSPS) is 18.5. The molecule has 0 aromatic heterocycles. The molecule has 1 aliphatic rings. The van der Waals surface area contributed by atoms with E-state index in [1.807, 2.05) is 0 Å². The maximum Gasteiger partial charge on any atom is 0.387 e. The van der Waals surface area contributed by atoms with E-state index in [4.69, 9.17) is 0 Å². The quantitative estimate of drug-likeness (QED) is 0.843. The molecular weight excluding hydrogens is 306 g/mol. The highest BCUT2D eigenvalue weighted by atomic mass is 19.3. The number of ether oxygens (including phenoxy) is 1. The lowest BCUT2D eigenvalue weighted by Gasteiger charge is -2.13. The zero-order valence-corrected chi connectivity index (χ0v) is 12.9. The van der Waals surface area contributed by atoms with Crippen LogP contribution in [-0.4, -0.2) is 43.0 Å². The van der Waals surface area contributed by atoms with Gasteiger partial charge in [-0.15, -0.1) is 0 Å². The van der Waals surface area contributed by atoms with Crippen molar-refractivity contribution in [3.05, 3.63) is 35.9 Å². The number of alkyl halides is 2. The summed E-state index contributed by atoms with van der Waals surface area (Å²) in [6.07, 6.45) is 1.58. The summed E-state index contributed by atoms with van der Waals surface area (Å²) >= 11 is 0. The first-order chi connectivity index (χ1) is 10.9. The maximum atomic E-state index is 12.4. The van der Waals surface area contributed by atoms with Gasteiger partial charge in [0.25, 0.3) is 0 Å². The third-order valence-corrected chi connectivity index (χ3v) is 3.56. The average molecular weight is 324 g/mol. The molecular formula is C16H18F2N2O3. The third kappa shape index (κ3) is 4.51. The average Bonchev–Trinajstić information content (AvgIpc) is 2.76. The molecule has 1 aliphatic heterocycles. The predicted molar refractivity (Wildman–Crippen MR) is 80.9 cm³/mol. The van der Waals surface area contributed by atoms with Crippen molar-refractivity contribution >= 4 is 17.4 Å². The highest BCUT2D eigenvalue weighted by molar-refractivity contribution is 5.96. The van der Waals surface area contributed by atoms with Crippen molar-refractivity contribution in [2.45, 2.75) is 26.0 Å². The van der Waals surface area contributed by atoms with E-state index in [0.29, 0.717) is 17.7 Å². The van der Waals surface area contributed by atoms with Crippen LogP contribution in [0.2, 0.25) is 0 Å². The first kappa shape index (κ1) is 16.9. The molecule has 0 radical (unpaired) electrons. The van der Waals surface area contributed by atoms with Crippen molar-refractivity contribution in [1.82, 2.24) is 10.2 Å². The summed E-state index contributed by atoms with van der Waals surface area (Å²) in [7, 11) is 1.67. The molecule has 23 heavy (non-hydrogen) atoms. The van der Waals surface area contributed by atoms with E-state index >= 15 is 0 Å². The summed E-state index contributed by atoms with van der Waals surface area (Å²) in [6.45, 7) is -0.834. The van der Waals surface area contributed by atoms with Gasteiger partial charge in [-0.2, -0.15) is 8.78 Å². The summed E-state index contributed by atoms with van der Waals surface area (Å²) in [4.78, 5) is 25.0. The Morgan fingerprint density at radius 1 is 1.43 bits per heavy atom. The molecule has 1 N–H and O–H groups in total. The van der Waals surface area contributed by atoms with Crippen LogP contribution in [-0.2, 0) is 9.59 Å². The molecule has 124 valence electrons. The number of carbonyl (C=O) groups is 2. The van der Waals surface area contributed by atoms with Crippen LogP contribution in [0.4, 0.5) is 8.78 Å². The van der Waals surface area contributed by atoms with Crippen LogP contribution in [0.1, 0.15) is 18.9 Å². The van der Waals surface area contributed by atoms with Crippen molar-refractivity contribution in [1.29, 1.82) is 0 Å². The molecule has 2 amide bonds. The fourth-order valence-corrected chi connectivity index (χ4v) is 2.47. The van der Waals surface area contributed by atoms with Crippen LogP contribution in [0.15, 0.2) is 30.3 Å². The van der Waals surface area contributed by atoms with Crippen LogP contribution in [0.3, 0.4) is 0 Å². The van der Waals surface area contributed by atoms with Crippen LogP contribution in [0.5, 0.6) is 5.75 Å². The largest absolute Gasteiger partial charge is 0.434 e. The number of nitrogens with one attached hydrogen (secondary N) is 1. The molecule has 1 unspecified atom stereocenters. The minimum atomic E-state index is -2.93. The number of rotatable bonds is 5. The van der Waals surface area contributed by atoms with Gasteiger partial charge in [0, 0.05) is 31.7 Å². The van der Waals surface area contributed by atoms with Gasteiger partial charge < -0.3 is 15.0 Å². The second kappa shape index (κ2) is 7.21. The molecule has 0 saturated carbocycles. The number of amides is 2. The Balaban J connectivity index is 2.07. The lowest BCUT2D eigenvalue weighted by Crippen LogP contribution is -2.35. The molecule has 0 aliphatic carbocycles. The highest BCUT2D eigenvalue weighted by Crippen LogP contribution is 2.26. The zero-order chi connectivity index (χ0) is 17.0. The molecule has 1 fully saturated rings. The standard InChI is InChI=1S/C16H18F2N2O3/c1-10(12-5-3-4-6-13(12)23-16(17)18)7-14(21)19-11-8-15(22)20(2)9-11/h3-7,11,16H,8-9H2,1-2H3,(H,19,21). The Kier molecular flexibility index (Phi) is 5.31. The molecule has 2 rings (SSSR count). The molecule has 7 heteroatoms. The summed E-state index contributed by atoms with van der Waals surface area (Å²) in [6, 6.07) is 6.03. The van der Waals surface area contributed by atoms with Gasteiger partial charge in [-0.05, 0) is 18.6 Å². The molecule has 1 aromatic rings. The van der Waals surface area contributed by atoms with Gasteiger partial charge in [-0.3, -0.25) is 9.59 Å². The SMILES string of the molecule is CC(=CC(=O)NC1CC(=O)N(C)C1)c1ccccc1OC(F)F. The van der Waals surface area contributed by atoms with E-state index in [1.165, 1.54) is 12.1 Å². The van der Waals surface area contributed by atoms with Gasteiger partial charge in [-0.1, -0.05) is 18.2 Å². The number of likely N-dealkylation sites (tertiary alicyclic amines) is 1. The zero-order valence-electron chi connectivity index (χ0n) is 12.9. The second-order valence-corrected chi connectivity index (χ2v) is 5.39. The minimum Gasteiger partial charge on any atom is -0.434 e. The number of carbonyl (C=O) groups excluding carboxylic acids is 2. The highest BCUT2D eigenvalue weighted by Gasteiger charge is 2.27. The van der Waals surface area contributed by atoms with Crippen molar-refractivity contribution in [3.8, 4) is 5.75 Å². The van der Waals surface area contributed by atoms with Crippen LogP contribution < -0.4 is 10.1 Å². The first-order valence-electron chi connectivity index (χ1n) is 7.13. The smallest absolute Gasteiger partial charge is 0.387 e. The monoisotopic (exact) mass is 324 g/mol. The molecule has 1 aromatic carbocycles. The van der Waals surface area contributed by atoms with Gasteiger partial charge >= 0.3 is 6.61 Å². The lowest BCUT2D eigenvalue weighted by atomic mass is 10.1. The summed E-state index contributed by atoms with van der Waals surface area (Å²) in [5, 5.41) is 2.73. The minimum absolute atomic E-state index is 0.0137. The fourth-order valence-electron chi connectivity index (χ4n) is 2.47. The number of hydrogen-bond acceptors (Lipinski definition) is 3. The number of likely N-dealkylation sites (N-methyl/N-ethyl adjacent to an activating group) is 1. The molecule has 5 nitrogen and oxygen atoms in total. The summed E-state index contributed by atoms with van der Waals surface area (Å²) in [5.74, 6) is -0.381. The van der Waals surface area contributed by atoms with Crippen molar-refractivity contribution in [2.75, 3.05) is 13.6 Å². The van der Waals surface area contributed by atoms with Gasteiger partial charge in [0.2, 0.25) is 11.8 Å². The van der Waals surface area contributed by atoms with E-state index in [0.717, 1.165) is 0 Å². The Labute approximate surface area is 132 Å². The number of para-hydroxylation sites is 1. The summed E-state index contributed by atoms with van der Waals surface area (Å²) < 4.78 is 29.3. The van der Waals surface area contributed by atoms with E-state index in [9.17, 15) is 18.4 Å². The van der Waals surface area contributed by atoms with Crippen molar-refractivity contribution in [2.24, 2.45) is 0 Å². The Hall–Kier alpha value is -2.44. The van der Waals surface area contributed by atoms with Crippen LogP contribution in [0, 0.1) is 0 Å². The fraction of sp³-hybridized carbons (Fsp3) is 0.375. The maximum absolute atomic E-state index is 12.4. The van der Waals surface area contributed by atoms with Crippen LogP contribution in [0.25, 0.3) is 5.57 Å². The number of halogens is 2. The second-order valence-electron chi connectivity index (χ2n) is 5.39. The van der Waals surface area contributed by atoms with Gasteiger partial charge in [-0.25, -0.2) is 0 Å². The molecule has 1 saturated heterocycles.